The first kappa shape index (κ1) is 22.7. The van der Waals surface area contributed by atoms with Crippen LogP contribution in [-0.2, 0) is 23.6 Å². The van der Waals surface area contributed by atoms with Gasteiger partial charge in [0.05, 0.1) is 11.1 Å². The van der Waals surface area contributed by atoms with Crippen LogP contribution in [0.15, 0.2) is 41.1 Å². The first-order chi connectivity index (χ1) is 13.3. The van der Waals surface area contributed by atoms with E-state index in [1.165, 1.54) is 12.3 Å². The predicted octanol–water partition coefficient (Wildman–Crippen LogP) is 3.71. The summed E-state index contributed by atoms with van der Waals surface area (Å²) in [4.78, 5) is 27.9. The van der Waals surface area contributed by atoms with Gasteiger partial charge in [-0.1, -0.05) is 6.07 Å². The number of amides is 2. The van der Waals surface area contributed by atoms with Crippen molar-refractivity contribution in [2.24, 2.45) is 5.73 Å². The number of primary amides is 1. The summed E-state index contributed by atoms with van der Waals surface area (Å²) in [5.74, 6) is -2.34. The lowest BCUT2D eigenvalue weighted by Crippen LogP contribution is -2.46. The first-order valence-electron chi connectivity index (χ1n) is 7.78. The lowest BCUT2D eigenvalue weighted by molar-refractivity contribution is -0.143. The summed E-state index contributed by atoms with van der Waals surface area (Å²) < 4.78 is 78.0. The third kappa shape index (κ3) is 5.92. The van der Waals surface area contributed by atoms with Crippen LogP contribution in [0, 0.1) is 0 Å². The molecule has 1 aromatic carbocycles. The molecule has 0 spiro atoms. The van der Waals surface area contributed by atoms with Crippen LogP contribution in [0.25, 0.3) is 0 Å². The van der Waals surface area contributed by atoms with E-state index in [1.54, 1.807) is 6.07 Å². The number of carbonyl (C=O) groups excluding carboxylic acids is 2. The minimum absolute atomic E-state index is 0.102. The number of nitrogens with zero attached hydrogens (tertiary/aromatic N) is 1. The molecule has 3 N–H and O–H groups in total. The number of pyridine rings is 1. The number of hydrogen-bond donors (Lipinski definition) is 2. The number of rotatable bonds is 5. The van der Waals surface area contributed by atoms with Gasteiger partial charge in [0, 0.05) is 18.2 Å². The number of halogens is 7. The molecule has 0 saturated heterocycles. The van der Waals surface area contributed by atoms with Crippen LogP contribution in [-0.4, -0.2) is 22.8 Å². The Morgan fingerprint density at radius 2 is 1.62 bits per heavy atom. The van der Waals surface area contributed by atoms with Gasteiger partial charge in [-0.25, -0.2) is 4.98 Å². The van der Waals surface area contributed by atoms with Crippen molar-refractivity contribution in [1.29, 1.82) is 0 Å². The Hall–Kier alpha value is -2.63. The minimum Gasteiger partial charge on any atom is -0.368 e. The van der Waals surface area contributed by atoms with Crippen molar-refractivity contribution in [2.75, 3.05) is 0 Å². The van der Waals surface area contributed by atoms with E-state index in [-0.39, 0.29) is 24.6 Å². The molecule has 0 aliphatic carbocycles. The van der Waals surface area contributed by atoms with Crippen molar-refractivity contribution < 1.29 is 35.9 Å². The van der Waals surface area contributed by atoms with Crippen molar-refractivity contribution in [3.8, 4) is 0 Å². The zero-order chi connectivity index (χ0) is 22.0. The van der Waals surface area contributed by atoms with E-state index in [0.29, 0.717) is 10.2 Å². The van der Waals surface area contributed by atoms with Gasteiger partial charge in [0.2, 0.25) is 5.91 Å². The van der Waals surface area contributed by atoms with Crippen molar-refractivity contribution >= 4 is 27.7 Å². The third-order valence-electron chi connectivity index (χ3n) is 3.76. The average Bonchev–Trinajstić information content (AvgIpc) is 2.60. The molecule has 1 heterocycles. The van der Waals surface area contributed by atoms with Gasteiger partial charge in [-0.05, 0) is 45.8 Å². The monoisotopic (exact) mass is 483 g/mol. The molecule has 0 bridgehead atoms. The van der Waals surface area contributed by atoms with E-state index in [1.807, 2.05) is 0 Å². The van der Waals surface area contributed by atoms with Gasteiger partial charge in [0.25, 0.3) is 5.91 Å². The number of nitrogens with one attached hydrogen (secondary N) is 1. The molecule has 2 aromatic rings. The van der Waals surface area contributed by atoms with Gasteiger partial charge < -0.3 is 11.1 Å². The summed E-state index contributed by atoms with van der Waals surface area (Å²) in [5.41, 5.74) is 1.44. The molecule has 5 nitrogen and oxygen atoms in total. The molecule has 2 amide bonds. The van der Waals surface area contributed by atoms with Crippen molar-refractivity contribution in [1.82, 2.24) is 10.3 Å². The predicted molar refractivity (Wildman–Crippen MR) is 92.5 cm³/mol. The fourth-order valence-electron chi connectivity index (χ4n) is 2.34. The standard InChI is InChI=1S/C17H12BrF6N3O2/c18-13-8(2-1-3-26-13)6-12(14(25)28)27-15(29)9-4-10(16(19,20)21)7-11(5-9)17(22,23)24/h1-5,7,12H,6H2,(H2,25,28)(H,27,29)/t12-/m1/s1. The third-order valence-corrected chi connectivity index (χ3v) is 4.47. The molecule has 12 heteroatoms. The molecule has 0 aliphatic rings. The Balaban J connectivity index is 2.36. The second-order valence-corrected chi connectivity index (χ2v) is 6.63. The second kappa shape index (κ2) is 8.39. The lowest BCUT2D eigenvalue weighted by atomic mass is 10.0. The van der Waals surface area contributed by atoms with E-state index in [0.717, 1.165) is 0 Å². The maximum absolute atomic E-state index is 12.9. The maximum Gasteiger partial charge on any atom is 0.416 e. The molecule has 0 unspecified atom stereocenters. The highest BCUT2D eigenvalue weighted by Gasteiger charge is 2.37. The van der Waals surface area contributed by atoms with E-state index >= 15 is 0 Å². The Morgan fingerprint density at radius 3 is 2.07 bits per heavy atom. The number of carbonyl (C=O) groups is 2. The number of aromatic nitrogens is 1. The van der Waals surface area contributed by atoms with E-state index in [9.17, 15) is 35.9 Å². The number of benzene rings is 1. The van der Waals surface area contributed by atoms with E-state index < -0.39 is 46.9 Å². The number of alkyl halides is 6. The Kier molecular flexibility index (Phi) is 6.56. The van der Waals surface area contributed by atoms with Gasteiger partial charge in [-0.15, -0.1) is 0 Å². The molecule has 0 saturated carbocycles. The zero-order valence-electron chi connectivity index (χ0n) is 14.2. The molecular formula is C17H12BrF6N3O2. The highest BCUT2D eigenvalue weighted by molar-refractivity contribution is 9.10. The van der Waals surface area contributed by atoms with Gasteiger partial charge >= 0.3 is 12.4 Å². The molecule has 156 valence electrons. The summed E-state index contributed by atoms with van der Waals surface area (Å²) in [6.07, 6.45) is -8.97. The normalized spacial score (nSPS) is 13.1. The Bertz CT molecular complexity index is 898. The smallest absolute Gasteiger partial charge is 0.368 e. The molecule has 1 aromatic heterocycles. The van der Waals surface area contributed by atoms with Crippen LogP contribution in [0.1, 0.15) is 27.0 Å². The largest absolute Gasteiger partial charge is 0.416 e. The molecule has 1 atom stereocenters. The molecule has 0 aliphatic heterocycles. The van der Waals surface area contributed by atoms with E-state index in [2.05, 4.69) is 26.2 Å². The van der Waals surface area contributed by atoms with Gasteiger partial charge in [-0.2, -0.15) is 26.3 Å². The summed E-state index contributed by atoms with van der Waals surface area (Å²) in [6.45, 7) is 0. The van der Waals surface area contributed by atoms with Crippen LogP contribution < -0.4 is 11.1 Å². The molecule has 0 fully saturated rings. The number of hydrogen-bond acceptors (Lipinski definition) is 3. The Morgan fingerprint density at radius 1 is 1.07 bits per heavy atom. The fourth-order valence-corrected chi connectivity index (χ4v) is 2.75. The fraction of sp³-hybridized carbons (Fsp3) is 0.235. The minimum atomic E-state index is -5.11. The SMILES string of the molecule is NC(=O)[C@@H](Cc1cccnc1Br)NC(=O)c1cc(C(F)(F)F)cc(C(F)(F)F)c1. The Labute approximate surface area is 168 Å². The molecule has 2 rings (SSSR count). The van der Waals surface area contributed by atoms with Crippen LogP contribution >= 0.6 is 15.9 Å². The van der Waals surface area contributed by atoms with Crippen LogP contribution in [0.2, 0.25) is 0 Å². The quantitative estimate of drug-likeness (QED) is 0.502. The summed E-state index contributed by atoms with van der Waals surface area (Å²) in [6, 6.07) is 2.11. The van der Waals surface area contributed by atoms with Gasteiger partial charge in [0.15, 0.2) is 0 Å². The lowest BCUT2D eigenvalue weighted by Gasteiger charge is -2.18. The van der Waals surface area contributed by atoms with Crippen LogP contribution in [0.5, 0.6) is 0 Å². The maximum atomic E-state index is 12.9. The van der Waals surface area contributed by atoms with E-state index in [4.69, 9.17) is 5.73 Å². The highest BCUT2D eigenvalue weighted by Crippen LogP contribution is 2.36. The van der Waals surface area contributed by atoms with Gasteiger partial charge in [0.1, 0.15) is 10.6 Å². The second-order valence-electron chi connectivity index (χ2n) is 5.88. The van der Waals surface area contributed by atoms with Crippen molar-refractivity contribution in [2.45, 2.75) is 24.8 Å². The molecule has 0 radical (unpaired) electrons. The van der Waals surface area contributed by atoms with Crippen LogP contribution in [0.3, 0.4) is 0 Å². The highest BCUT2D eigenvalue weighted by atomic mass is 79.9. The summed E-state index contributed by atoms with van der Waals surface area (Å²) in [5, 5.41) is 2.07. The molecule has 29 heavy (non-hydrogen) atoms. The average molecular weight is 484 g/mol. The summed E-state index contributed by atoms with van der Waals surface area (Å²) in [7, 11) is 0. The molecular weight excluding hydrogens is 472 g/mol. The van der Waals surface area contributed by atoms with Crippen LogP contribution in [0.4, 0.5) is 26.3 Å². The topological polar surface area (TPSA) is 85.1 Å². The summed E-state index contributed by atoms with van der Waals surface area (Å²) >= 11 is 3.12. The van der Waals surface area contributed by atoms with Crippen molar-refractivity contribution in [3.63, 3.8) is 0 Å². The first-order valence-corrected chi connectivity index (χ1v) is 8.57. The van der Waals surface area contributed by atoms with Gasteiger partial charge in [-0.3, -0.25) is 9.59 Å². The number of nitrogens with two attached hydrogens (primary N) is 1. The van der Waals surface area contributed by atoms with Crippen molar-refractivity contribution in [3.05, 3.63) is 63.4 Å². The zero-order valence-corrected chi connectivity index (χ0v) is 15.8.